The second-order valence-corrected chi connectivity index (χ2v) is 9.24. The van der Waals surface area contributed by atoms with Gasteiger partial charge in [0.15, 0.2) is 0 Å². The first-order valence-electron chi connectivity index (χ1n) is 11.4. The third kappa shape index (κ3) is 6.28. The van der Waals surface area contributed by atoms with Crippen molar-refractivity contribution in [1.82, 2.24) is 9.88 Å². The molecule has 7 heteroatoms. The Hall–Kier alpha value is -3.64. The van der Waals surface area contributed by atoms with Gasteiger partial charge in [-0.05, 0) is 43.5 Å². The Morgan fingerprint density at radius 2 is 1.71 bits per heavy atom. The molecular formula is C28H29ClN2O4. The van der Waals surface area contributed by atoms with Gasteiger partial charge in [-0.3, -0.25) is 9.59 Å². The molecule has 1 atom stereocenters. The molecule has 0 bridgehead atoms. The number of rotatable bonds is 9. The van der Waals surface area contributed by atoms with Crippen LogP contribution in [0.1, 0.15) is 57.1 Å². The first kappa shape index (κ1) is 26.0. The molecule has 0 saturated carbocycles. The summed E-state index contributed by atoms with van der Waals surface area (Å²) in [4.78, 5) is 37.1. The van der Waals surface area contributed by atoms with Gasteiger partial charge in [0.1, 0.15) is 6.04 Å². The minimum Gasteiger partial charge on any atom is -0.480 e. The molecule has 3 rings (SSSR count). The molecule has 182 valence electrons. The van der Waals surface area contributed by atoms with Crippen molar-refractivity contribution in [2.45, 2.75) is 40.3 Å². The van der Waals surface area contributed by atoms with Crippen LogP contribution in [0.3, 0.4) is 0 Å². The molecule has 0 aliphatic rings. The Morgan fingerprint density at radius 1 is 1.03 bits per heavy atom. The number of carboxylic acids is 1. The number of carboxylic acid groups (broad SMARTS) is 1. The molecule has 0 spiro atoms. The number of amides is 1. The Kier molecular flexibility index (Phi) is 8.30. The van der Waals surface area contributed by atoms with Crippen LogP contribution >= 0.6 is 11.6 Å². The van der Waals surface area contributed by atoms with Gasteiger partial charge in [0.05, 0.1) is 10.7 Å². The van der Waals surface area contributed by atoms with Crippen LogP contribution in [0.5, 0.6) is 0 Å². The number of aryl methyl sites for hydroxylation is 1. The van der Waals surface area contributed by atoms with Crippen LogP contribution in [0.2, 0.25) is 5.02 Å². The van der Waals surface area contributed by atoms with Crippen molar-refractivity contribution in [3.8, 4) is 0 Å². The number of aromatic nitrogens is 1. The number of benzene rings is 2. The van der Waals surface area contributed by atoms with Crippen LogP contribution in [-0.4, -0.2) is 33.4 Å². The number of hydrogen-bond donors (Lipinski definition) is 2. The lowest BCUT2D eigenvalue weighted by molar-refractivity contribution is -0.140. The van der Waals surface area contributed by atoms with Crippen LogP contribution in [0.25, 0.3) is 6.08 Å². The zero-order valence-electron chi connectivity index (χ0n) is 20.2. The van der Waals surface area contributed by atoms with Crippen LogP contribution in [-0.2, 0) is 11.3 Å². The Balaban J connectivity index is 1.78. The number of ketones is 1. The fraction of sp³-hybridized carbons (Fsp3) is 0.250. The van der Waals surface area contributed by atoms with Crippen LogP contribution < -0.4 is 5.32 Å². The second kappa shape index (κ2) is 11.2. The second-order valence-electron chi connectivity index (χ2n) is 8.83. The molecular weight excluding hydrogens is 464 g/mol. The summed E-state index contributed by atoms with van der Waals surface area (Å²) < 4.78 is 1.86. The third-order valence-electron chi connectivity index (χ3n) is 5.82. The fourth-order valence-corrected chi connectivity index (χ4v) is 3.91. The fourth-order valence-electron chi connectivity index (χ4n) is 3.70. The summed E-state index contributed by atoms with van der Waals surface area (Å²) in [5, 5.41) is 12.4. The quantitative estimate of drug-likeness (QED) is 0.384. The number of nitrogens with one attached hydrogen (secondary N) is 1. The van der Waals surface area contributed by atoms with Crippen molar-refractivity contribution >= 4 is 35.3 Å². The molecule has 3 aromatic rings. The van der Waals surface area contributed by atoms with E-state index in [1.165, 1.54) is 0 Å². The van der Waals surface area contributed by atoms with E-state index in [9.17, 15) is 19.5 Å². The smallest absolute Gasteiger partial charge is 0.326 e. The van der Waals surface area contributed by atoms with Gasteiger partial charge in [-0.1, -0.05) is 79.6 Å². The third-order valence-corrected chi connectivity index (χ3v) is 6.20. The van der Waals surface area contributed by atoms with E-state index in [4.69, 9.17) is 11.6 Å². The Bertz CT molecular complexity index is 1270. The van der Waals surface area contributed by atoms with Crippen LogP contribution in [0.4, 0.5) is 0 Å². The average molecular weight is 493 g/mol. The van der Waals surface area contributed by atoms with Gasteiger partial charge in [-0.2, -0.15) is 0 Å². The minimum absolute atomic E-state index is 0.106. The number of aliphatic carboxylic acids is 1. The number of hydrogen-bond acceptors (Lipinski definition) is 3. The van der Waals surface area contributed by atoms with Gasteiger partial charge in [0.25, 0.3) is 5.91 Å². The zero-order valence-corrected chi connectivity index (χ0v) is 21.0. The maximum absolute atomic E-state index is 13.1. The molecule has 0 aliphatic carbocycles. The molecule has 0 saturated heterocycles. The van der Waals surface area contributed by atoms with Crippen LogP contribution in [0, 0.1) is 19.8 Å². The number of nitrogens with zero attached hydrogens (tertiary/aromatic N) is 1. The molecule has 2 aromatic carbocycles. The van der Waals surface area contributed by atoms with Gasteiger partial charge in [0.2, 0.25) is 5.78 Å². The van der Waals surface area contributed by atoms with Crippen molar-refractivity contribution < 1.29 is 19.5 Å². The molecule has 35 heavy (non-hydrogen) atoms. The number of allylic oxidation sites excluding steroid dienone is 1. The lowest BCUT2D eigenvalue weighted by Crippen LogP contribution is -2.44. The first-order chi connectivity index (χ1) is 16.6. The van der Waals surface area contributed by atoms with E-state index in [1.54, 1.807) is 50.2 Å². The molecule has 1 heterocycles. The van der Waals surface area contributed by atoms with E-state index >= 15 is 0 Å². The average Bonchev–Trinajstić information content (AvgIpc) is 3.10. The van der Waals surface area contributed by atoms with Crippen molar-refractivity contribution in [3.63, 3.8) is 0 Å². The standard InChI is InChI=1S/C28H29ClN2O4/c1-17(2)25(28(34)35)30-27(33)22-9-5-7-20(15-22)8-6-14-31-19(4)23(29)16-24(31)26(32)21-12-10-18(3)11-13-21/h5-13,15-17,25H,14H2,1-4H3,(H,30,33)(H,34,35)/b8-6+. The van der Waals surface area contributed by atoms with Crippen molar-refractivity contribution in [1.29, 1.82) is 0 Å². The minimum atomic E-state index is -1.07. The summed E-state index contributed by atoms with van der Waals surface area (Å²) in [7, 11) is 0. The number of halogens is 1. The highest BCUT2D eigenvalue weighted by Crippen LogP contribution is 2.23. The highest BCUT2D eigenvalue weighted by Gasteiger charge is 2.24. The van der Waals surface area contributed by atoms with Crippen molar-refractivity contribution in [2.75, 3.05) is 0 Å². The van der Waals surface area contributed by atoms with Crippen molar-refractivity contribution in [2.24, 2.45) is 5.92 Å². The Labute approximate surface area is 210 Å². The lowest BCUT2D eigenvalue weighted by Gasteiger charge is -2.18. The molecule has 1 unspecified atom stereocenters. The van der Waals surface area contributed by atoms with E-state index in [2.05, 4.69) is 5.32 Å². The summed E-state index contributed by atoms with van der Waals surface area (Å²) in [5.74, 6) is -1.86. The largest absolute Gasteiger partial charge is 0.480 e. The SMILES string of the molecule is Cc1ccc(C(=O)c2cc(Cl)c(C)n2C/C=C/c2cccc(C(=O)NC(C(=O)O)C(C)C)c2)cc1. The Morgan fingerprint density at radius 3 is 2.34 bits per heavy atom. The van der Waals surface area contributed by atoms with E-state index in [0.717, 1.165) is 16.8 Å². The molecule has 1 aromatic heterocycles. The molecule has 0 aliphatic heterocycles. The van der Waals surface area contributed by atoms with E-state index in [0.29, 0.717) is 28.4 Å². The van der Waals surface area contributed by atoms with Gasteiger partial charge < -0.3 is 15.0 Å². The molecule has 1 amide bonds. The highest BCUT2D eigenvalue weighted by molar-refractivity contribution is 6.32. The maximum atomic E-state index is 13.1. The number of carbonyl (C=O) groups is 3. The highest BCUT2D eigenvalue weighted by atomic mass is 35.5. The lowest BCUT2D eigenvalue weighted by atomic mass is 10.0. The van der Waals surface area contributed by atoms with E-state index < -0.39 is 17.9 Å². The summed E-state index contributed by atoms with van der Waals surface area (Å²) in [5.41, 5.74) is 4.10. The topological polar surface area (TPSA) is 88.4 Å². The van der Waals surface area contributed by atoms with Gasteiger partial charge in [0, 0.05) is 23.4 Å². The van der Waals surface area contributed by atoms with E-state index in [-0.39, 0.29) is 11.7 Å². The summed E-state index contributed by atoms with van der Waals surface area (Å²) in [6.45, 7) is 7.73. The van der Waals surface area contributed by atoms with Gasteiger partial charge in [-0.25, -0.2) is 4.79 Å². The van der Waals surface area contributed by atoms with Gasteiger partial charge in [-0.15, -0.1) is 0 Å². The summed E-state index contributed by atoms with van der Waals surface area (Å²) in [6, 6.07) is 15.0. The predicted molar refractivity (Wildman–Crippen MR) is 138 cm³/mol. The predicted octanol–water partition coefficient (Wildman–Crippen LogP) is 5.54. The molecule has 2 N–H and O–H groups in total. The van der Waals surface area contributed by atoms with Crippen LogP contribution in [0.15, 0.2) is 60.7 Å². The van der Waals surface area contributed by atoms with E-state index in [1.807, 2.05) is 48.8 Å². The molecule has 0 radical (unpaired) electrons. The summed E-state index contributed by atoms with van der Waals surface area (Å²) in [6.07, 6.45) is 3.74. The summed E-state index contributed by atoms with van der Waals surface area (Å²) >= 11 is 6.35. The first-order valence-corrected chi connectivity index (χ1v) is 11.7. The molecule has 6 nitrogen and oxygen atoms in total. The monoisotopic (exact) mass is 492 g/mol. The van der Waals surface area contributed by atoms with Crippen molar-refractivity contribution in [3.05, 3.63) is 99.3 Å². The molecule has 0 fully saturated rings. The zero-order chi connectivity index (χ0) is 25.7. The number of carbonyl (C=O) groups excluding carboxylic acids is 2. The normalized spacial score (nSPS) is 12.2. The van der Waals surface area contributed by atoms with Gasteiger partial charge >= 0.3 is 5.97 Å². The maximum Gasteiger partial charge on any atom is 0.326 e.